The van der Waals surface area contributed by atoms with E-state index < -0.39 is 10.2 Å². The van der Waals surface area contributed by atoms with Gasteiger partial charge in [-0.1, -0.05) is 0 Å². The van der Waals surface area contributed by atoms with Crippen LogP contribution in [0.5, 0.6) is 0 Å². The zero-order chi connectivity index (χ0) is 12.2. The van der Waals surface area contributed by atoms with Gasteiger partial charge >= 0.3 is 0 Å². The van der Waals surface area contributed by atoms with Crippen LogP contribution in [-0.2, 0) is 16.8 Å². The van der Waals surface area contributed by atoms with Gasteiger partial charge < -0.3 is 5.73 Å². The third-order valence-corrected chi connectivity index (χ3v) is 3.04. The molecule has 0 unspecified atom stereocenters. The molecule has 1 rings (SSSR count). The average molecular weight is 247 g/mol. The lowest BCUT2D eigenvalue weighted by Crippen LogP contribution is -2.41. The molecule has 0 aliphatic carbocycles. The maximum absolute atomic E-state index is 11.4. The predicted octanol–water partition coefficient (Wildman–Crippen LogP) is -0.702. The lowest BCUT2D eigenvalue weighted by atomic mass is 10.4. The highest BCUT2D eigenvalue weighted by Gasteiger charge is 2.09. The van der Waals surface area contributed by atoms with E-state index >= 15 is 0 Å². The molecule has 4 N–H and O–H groups in total. The van der Waals surface area contributed by atoms with Crippen LogP contribution < -0.4 is 15.2 Å². The summed E-state index contributed by atoms with van der Waals surface area (Å²) >= 11 is 0. The first-order chi connectivity index (χ1) is 7.39. The van der Waals surface area contributed by atoms with Gasteiger partial charge in [0, 0.05) is 18.8 Å². The Balaban J connectivity index is 2.35. The van der Waals surface area contributed by atoms with E-state index in [0.29, 0.717) is 12.2 Å². The van der Waals surface area contributed by atoms with E-state index in [-0.39, 0.29) is 12.6 Å². The van der Waals surface area contributed by atoms with E-state index in [2.05, 4.69) is 14.5 Å². The zero-order valence-corrected chi connectivity index (χ0v) is 10.2. The van der Waals surface area contributed by atoms with Gasteiger partial charge in [-0.3, -0.25) is 4.68 Å². The molecule has 0 atom stereocenters. The molecule has 0 saturated carbocycles. The maximum atomic E-state index is 11.4. The first kappa shape index (κ1) is 12.9. The molecule has 0 amide bonds. The second kappa shape index (κ2) is 5.28. The fraction of sp³-hybridized carbons (Fsp3) is 0.625. The van der Waals surface area contributed by atoms with E-state index in [1.807, 2.05) is 0 Å². The highest BCUT2D eigenvalue weighted by atomic mass is 32.2. The molecule has 8 heteroatoms. The molecule has 1 heterocycles. The molecule has 0 saturated heterocycles. The number of anilines is 1. The van der Waals surface area contributed by atoms with Crippen LogP contribution in [-0.4, -0.2) is 30.8 Å². The Morgan fingerprint density at radius 3 is 2.75 bits per heavy atom. The van der Waals surface area contributed by atoms with Gasteiger partial charge in [0.25, 0.3) is 10.2 Å². The van der Waals surface area contributed by atoms with Gasteiger partial charge in [-0.25, -0.2) is 4.72 Å². The molecule has 7 nitrogen and oxygen atoms in total. The van der Waals surface area contributed by atoms with Crippen molar-refractivity contribution in [1.29, 1.82) is 0 Å². The first-order valence-electron chi connectivity index (χ1n) is 4.94. The molecule has 0 aliphatic heterocycles. The number of hydrogen-bond donors (Lipinski definition) is 3. The number of nitrogens with two attached hydrogens (primary N) is 1. The largest absolute Gasteiger partial charge is 0.396 e. The fourth-order valence-corrected chi connectivity index (χ4v) is 2.21. The van der Waals surface area contributed by atoms with Crippen LogP contribution in [0.2, 0.25) is 0 Å². The van der Waals surface area contributed by atoms with Gasteiger partial charge in [-0.15, -0.1) is 0 Å². The highest BCUT2D eigenvalue weighted by Crippen LogP contribution is 1.96. The van der Waals surface area contributed by atoms with Crippen molar-refractivity contribution in [2.24, 2.45) is 0 Å². The Morgan fingerprint density at radius 2 is 2.25 bits per heavy atom. The molecule has 1 aromatic heterocycles. The van der Waals surface area contributed by atoms with Crippen LogP contribution in [0.3, 0.4) is 0 Å². The summed E-state index contributed by atoms with van der Waals surface area (Å²) in [4.78, 5) is 0. The van der Waals surface area contributed by atoms with Crippen LogP contribution in [0.15, 0.2) is 12.4 Å². The first-order valence-corrected chi connectivity index (χ1v) is 6.42. The van der Waals surface area contributed by atoms with Crippen LogP contribution in [0.25, 0.3) is 0 Å². The summed E-state index contributed by atoms with van der Waals surface area (Å²) in [5.74, 6) is 0. The summed E-state index contributed by atoms with van der Waals surface area (Å²) in [6, 6.07) is -0.127. The fourth-order valence-electron chi connectivity index (χ4n) is 1.15. The lowest BCUT2D eigenvalue weighted by molar-refractivity contribution is 0.540. The zero-order valence-electron chi connectivity index (χ0n) is 9.34. The van der Waals surface area contributed by atoms with Crippen LogP contribution >= 0.6 is 0 Å². The van der Waals surface area contributed by atoms with Crippen LogP contribution in [0.1, 0.15) is 13.8 Å². The molecule has 0 spiro atoms. The van der Waals surface area contributed by atoms with Crippen molar-refractivity contribution < 1.29 is 8.42 Å². The number of rotatable bonds is 6. The third kappa shape index (κ3) is 4.60. The summed E-state index contributed by atoms with van der Waals surface area (Å²) in [6.45, 7) is 4.22. The van der Waals surface area contributed by atoms with Crippen molar-refractivity contribution in [3.8, 4) is 0 Å². The van der Waals surface area contributed by atoms with Gasteiger partial charge in [0.15, 0.2) is 0 Å². The Bertz CT molecular complexity index is 425. The molecule has 16 heavy (non-hydrogen) atoms. The van der Waals surface area contributed by atoms with Crippen molar-refractivity contribution in [2.75, 3.05) is 12.3 Å². The summed E-state index contributed by atoms with van der Waals surface area (Å²) < 4.78 is 29.1. The Labute approximate surface area is 95.2 Å². The van der Waals surface area contributed by atoms with Crippen molar-refractivity contribution in [3.05, 3.63) is 12.4 Å². The second-order valence-electron chi connectivity index (χ2n) is 3.71. The van der Waals surface area contributed by atoms with Crippen molar-refractivity contribution in [3.63, 3.8) is 0 Å². The minimum atomic E-state index is -3.42. The van der Waals surface area contributed by atoms with E-state index in [9.17, 15) is 8.42 Å². The van der Waals surface area contributed by atoms with Gasteiger partial charge in [-0.05, 0) is 13.8 Å². The standard InChI is InChI=1S/C8H17N5O2S/c1-7(2)12-16(14,15)11-3-4-13-6-8(9)5-10-13/h5-7,11-12H,3-4,9H2,1-2H3. The number of aromatic nitrogens is 2. The van der Waals surface area contributed by atoms with E-state index in [1.165, 1.54) is 6.20 Å². The van der Waals surface area contributed by atoms with Crippen molar-refractivity contribution >= 4 is 15.9 Å². The molecule has 0 fully saturated rings. The summed E-state index contributed by atoms with van der Waals surface area (Å²) in [5.41, 5.74) is 6.03. The molecule has 0 aromatic carbocycles. The van der Waals surface area contributed by atoms with Gasteiger partial charge in [0.2, 0.25) is 0 Å². The second-order valence-corrected chi connectivity index (χ2v) is 5.24. The normalized spacial score (nSPS) is 12.2. The lowest BCUT2D eigenvalue weighted by Gasteiger charge is -2.10. The van der Waals surface area contributed by atoms with Gasteiger partial charge in [-0.2, -0.15) is 18.2 Å². The monoisotopic (exact) mass is 247 g/mol. The van der Waals surface area contributed by atoms with Gasteiger partial charge in [0.05, 0.1) is 18.4 Å². The molecule has 0 aliphatic rings. The average Bonchev–Trinajstić information content (AvgIpc) is 2.48. The number of nitrogens with one attached hydrogen (secondary N) is 2. The smallest absolute Gasteiger partial charge is 0.277 e. The maximum Gasteiger partial charge on any atom is 0.277 e. The Kier molecular flexibility index (Phi) is 4.27. The molecule has 92 valence electrons. The molecular formula is C8H17N5O2S. The number of hydrogen-bond acceptors (Lipinski definition) is 4. The minimum absolute atomic E-state index is 0.127. The summed E-state index contributed by atoms with van der Waals surface area (Å²) in [5, 5.41) is 3.93. The molecular weight excluding hydrogens is 230 g/mol. The van der Waals surface area contributed by atoms with Crippen LogP contribution in [0.4, 0.5) is 5.69 Å². The van der Waals surface area contributed by atoms with Gasteiger partial charge in [0.1, 0.15) is 0 Å². The van der Waals surface area contributed by atoms with Crippen molar-refractivity contribution in [2.45, 2.75) is 26.4 Å². The predicted molar refractivity (Wildman–Crippen MR) is 61.8 cm³/mol. The van der Waals surface area contributed by atoms with Crippen molar-refractivity contribution in [1.82, 2.24) is 19.2 Å². The molecule has 0 radical (unpaired) electrons. The van der Waals surface area contributed by atoms with E-state index in [0.717, 1.165) is 0 Å². The van der Waals surface area contributed by atoms with E-state index in [4.69, 9.17) is 5.73 Å². The number of nitrogens with zero attached hydrogens (tertiary/aromatic N) is 2. The van der Waals surface area contributed by atoms with Crippen LogP contribution in [0, 0.1) is 0 Å². The Hall–Kier alpha value is -1.12. The molecule has 1 aromatic rings. The summed E-state index contributed by atoms with van der Waals surface area (Å²) in [6.07, 6.45) is 3.16. The quantitative estimate of drug-likeness (QED) is 0.618. The topological polar surface area (TPSA) is 102 Å². The number of nitrogen functional groups attached to an aromatic ring is 1. The third-order valence-electron chi connectivity index (χ3n) is 1.68. The molecule has 0 bridgehead atoms. The highest BCUT2D eigenvalue weighted by molar-refractivity contribution is 7.87. The Morgan fingerprint density at radius 1 is 1.56 bits per heavy atom. The SMILES string of the molecule is CC(C)NS(=O)(=O)NCCn1cc(N)cn1. The summed E-state index contributed by atoms with van der Waals surface area (Å²) in [7, 11) is -3.42. The van der Waals surface area contributed by atoms with E-state index in [1.54, 1.807) is 24.7 Å². The minimum Gasteiger partial charge on any atom is -0.396 e.